The number of likely N-dealkylation sites (N-methyl/N-ethyl adjacent to an activating group) is 1. The van der Waals surface area contributed by atoms with Gasteiger partial charge in [0.15, 0.2) is 0 Å². The van der Waals surface area contributed by atoms with E-state index in [0.717, 1.165) is 25.0 Å². The van der Waals surface area contributed by atoms with Crippen LogP contribution in [0, 0.1) is 0 Å². The van der Waals surface area contributed by atoms with E-state index in [0.29, 0.717) is 12.6 Å². The molecule has 1 rings (SSSR count). The van der Waals surface area contributed by atoms with Gasteiger partial charge in [-0.25, -0.2) is 4.79 Å². The molecule has 0 unspecified atom stereocenters. The smallest absolute Gasteiger partial charge is 0.317 e. The lowest BCUT2D eigenvalue weighted by atomic mass is 10.3. The Labute approximate surface area is 79.8 Å². The maximum atomic E-state index is 11.5. The minimum absolute atomic E-state index is 0.0491. The molecule has 1 aliphatic rings. The molecular weight excluding hydrogens is 164 g/mol. The molecule has 0 aromatic carbocycles. The van der Waals surface area contributed by atoms with Crippen LogP contribution in [0.4, 0.5) is 4.79 Å². The van der Waals surface area contributed by atoms with Crippen molar-refractivity contribution in [3.05, 3.63) is 12.2 Å². The first-order chi connectivity index (χ1) is 6.13. The second-order valence-electron chi connectivity index (χ2n) is 3.70. The van der Waals surface area contributed by atoms with Crippen molar-refractivity contribution in [3.63, 3.8) is 0 Å². The van der Waals surface area contributed by atoms with Crippen LogP contribution in [0.25, 0.3) is 0 Å². The van der Waals surface area contributed by atoms with Crippen molar-refractivity contribution in [1.82, 2.24) is 10.2 Å². The fraction of sp³-hybridized carbons (Fsp3) is 0.700. The Kier molecular flexibility index (Phi) is 3.34. The van der Waals surface area contributed by atoms with Gasteiger partial charge >= 0.3 is 6.03 Å². The number of carbonyl (C=O) groups excluding carboxylic acids is 1. The minimum atomic E-state index is 0.0491. The van der Waals surface area contributed by atoms with Crippen LogP contribution in [0.3, 0.4) is 0 Å². The number of nitrogens with one attached hydrogen (secondary N) is 1. The van der Waals surface area contributed by atoms with Crippen LogP contribution in [-0.2, 0) is 0 Å². The number of nitrogens with zero attached hydrogens (tertiary/aromatic N) is 1. The summed E-state index contributed by atoms with van der Waals surface area (Å²) in [6.07, 6.45) is 2.27. The van der Waals surface area contributed by atoms with Gasteiger partial charge in [0.2, 0.25) is 0 Å². The van der Waals surface area contributed by atoms with Gasteiger partial charge in [-0.05, 0) is 26.7 Å². The van der Waals surface area contributed by atoms with Crippen LogP contribution in [-0.4, -0.2) is 30.1 Å². The van der Waals surface area contributed by atoms with Gasteiger partial charge in [-0.2, -0.15) is 0 Å². The van der Waals surface area contributed by atoms with Crippen LogP contribution in [0.2, 0.25) is 0 Å². The highest BCUT2D eigenvalue weighted by Crippen LogP contribution is 2.18. The predicted molar refractivity (Wildman–Crippen MR) is 53.6 cm³/mol. The summed E-state index contributed by atoms with van der Waals surface area (Å²) in [7, 11) is 0. The van der Waals surface area contributed by atoms with Gasteiger partial charge in [-0.1, -0.05) is 12.2 Å². The van der Waals surface area contributed by atoms with Crippen molar-refractivity contribution < 1.29 is 4.79 Å². The minimum Gasteiger partial charge on any atom is -0.335 e. The molecule has 0 aromatic rings. The first-order valence-electron chi connectivity index (χ1n) is 4.83. The zero-order valence-corrected chi connectivity index (χ0v) is 8.47. The quantitative estimate of drug-likeness (QED) is 0.660. The average Bonchev–Trinajstić information content (AvgIpc) is 2.83. The molecule has 3 nitrogen and oxygen atoms in total. The fourth-order valence-electron chi connectivity index (χ4n) is 1.15. The Morgan fingerprint density at radius 2 is 2.23 bits per heavy atom. The Bertz CT molecular complexity index is 209. The summed E-state index contributed by atoms with van der Waals surface area (Å²) in [4.78, 5) is 13.3. The molecule has 0 heterocycles. The van der Waals surface area contributed by atoms with Crippen molar-refractivity contribution in [2.24, 2.45) is 0 Å². The summed E-state index contributed by atoms with van der Waals surface area (Å²) in [5.74, 6) is 0. The summed E-state index contributed by atoms with van der Waals surface area (Å²) in [5.41, 5.74) is 1.02. The summed E-state index contributed by atoms with van der Waals surface area (Å²) in [6.45, 7) is 9.12. The Hall–Kier alpha value is -0.990. The first-order valence-corrected chi connectivity index (χ1v) is 4.83. The number of hydrogen-bond donors (Lipinski definition) is 1. The van der Waals surface area contributed by atoms with E-state index in [2.05, 4.69) is 11.9 Å². The van der Waals surface area contributed by atoms with Crippen LogP contribution in [0.15, 0.2) is 12.2 Å². The molecule has 0 bridgehead atoms. The highest BCUT2D eigenvalue weighted by Gasteiger charge is 2.25. The molecule has 0 spiro atoms. The monoisotopic (exact) mass is 182 g/mol. The lowest BCUT2D eigenvalue weighted by molar-refractivity contribution is 0.204. The molecular formula is C10H18N2O. The molecule has 1 N–H and O–H groups in total. The molecule has 1 fully saturated rings. The molecule has 1 saturated carbocycles. The summed E-state index contributed by atoms with van der Waals surface area (Å²) >= 11 is 0. The summed E-state index contributed by atoms with van der Waals surface area (Å²) in [5, 5.41) is 2.96. The van der Waals surface area contributed by atoms with E-state index in [1.807, 2.05) is 13.8 Å². The molecule has 0 aliphatic heterocycles. The highest BCUT2D eigenvalue weighted by atomic mass is 16.2. The number of carbonyl (C=O) groups is 1. The number of urea groups is 1. The third-order valence-electron chi connectivity index (χ3n) is 2.03. The summed E-state index contributed by atoms with van der Waals surface area (Å²) < 4.78 is 0. The Morgan fingerprint density at radius 1 is 1.62 bits per heavy atom. The van der Waals surface area contributed by atoms with E-state index in [9.17, 15) is 4.79 Å². The average molecular weight is 182 g/mol. The van der Waals surface area contributed by atoms with Crippen molar-refractivity contribution in [1.29, 1.82) is 0 Å². The van der Waals surface area contributed by atoms with Crippen molar-refractivity contribution in [3.8, 4) is 0 Å². The van der Waals surface area contributed by atoms with Gasteiger partial charge in [0.25, 0.3) is 0 Å². The lowest BCUT2D eigenvalue weighted by Crippen LogP contribution is -2.41. The predicted octanol–water partition coefficient (Wildman–Crippen LogP) is 1.76. The van der Waals surface area contributed by atoms with Crippen LogP contribution in [0.1, 0.15) is 26.7 Å². The van der Waals surface area contributed by atoms with Gasteiger partial charge in [-0.15, -0.1) is 0 Å². The van der Waals surface area contributed by atoms with E-state index < -0.39 is 0 Å². The summed E-state index contributed by atoms with van der Waals surface area (Å²) in [6, 6.07) is 0.486. The van der Waals surface area contributed by atoms with Gasteiger partial charge in [0, 0.05) is 19.1 Å². The maximum absolute atomic E-state index is 11.5. The molecule has 0 radical (unpaired) electrons. The van der Waals surface area contributed by atoms with Gasteiger partial charge in [-0.3, -0.25) is 0 Å². The number of hydrogen-bond acceptors (Lipinski definition) is 1. The highest BCUT2D eigenvalue weighted by molar-refractivity contribution is 5.75. The van der Waals surface area contributed by atoms with E-state index >= 15 is 0 Å². The molecule has 3 heteroatoms. The Balaban J connectivity index is 2.34. The van der Waals surface area contributed by atoms with E-state index in [1.165, 1.54) is 0 Å². The van der Waals surface area contributed by atoms with Gasteiger partial charge in [0.1, 0.15) is 0 Å². The van der Waals surface area contributed by atoms with Crippen LogP contribution in [0.5, 0.6) is 0 Å². The van der Waals surface area contributed by atoms with Crippen molar-refractivity contribution >= 4 is 6.03 Å². The fourth-order valence-corrected chi connectivity index (χ4v) is 1.15. The zero-order chi connectivity index (χ0) is 9.84. The second kappa shape index (κ2) is 4.30. The topological polar surface area (TPSA) is 32.3 Å². The number of amides is 2. The van der Waals surface area contributed by atoms with E-state index in [-0.39, 0.29) is 6.03 Å². The van der Waals surface area contributed by atoms with Gasteiger partial charge in [0.05, 0.1) is 0 Å². The molecule has 2 amide bonds. The molecule has 1 aliphatic carbocycles. The third-order valence-corrected chi connectivity index (χ3v) is 2.03. The first kappa shape index (κ1) is 10.1. The zero-order valence-electron chi connectivity index (χ0n) is 8.47. The Morgan fingerprint density at radius 3 is 2.62 bits per heavy atom. The van der Waals surface area contributed by atoms with Crippen LogP contribution < -0.4 is 5.32 Å². The normalized spacial score (nSPS) is 15.2. The maximum Gasteiger partial charge on any atom is 0.317 e. The SMILES string of the molecule is C=C(C)CN(CC)C(=O)NC1CC1. The third kappa shape index (κ3) is 3.49. The largest absolute Gasteiger partial charge is 0.335 e. The second-order valence-corrected chi connectivity index (χ2v) is 3.70. The van der Waals surface area contributed by atoms with Crippen LogP contribution >= 0.6 is 0 Å². The molecule has 0 saturated heterocycles. The standard InChI is InChI=1S/C10H18N2O/c1-4-12(7-8(2)3)10(13)11-9-5-6-9/h9H,2,4-7H2,1,3H3,(H,11,13). The number of rotatable bonds is 4. The van der Waals surface area contributed by atoms with Crippen molar-refractivity contribution in [2.75, 3.05) is 13.1 Å². The van der Waals surface area contributed by atoms with E-state index in [1.54, 1.807) is 4.90 Å². The van der Waals surface area contributed by atoms with Gasteiger partial charge < -0.3 is 10.2 Å². The lowest BCUT2D eigenvalue weighted by Gasteiger charge is -2.21. The van der Waals surface area contributed by atoms with E-state index in [4.69, 9.17) is 0 Å². The van der Waals surface area contributed by atoms with Crippen molar-refractivity contribution in [2.45, 2.75) is 32.7 Å². The molecule has 13 heavy (non-hydrogen) atoms. The molecule has 0 atom stereocenters. The molecule has 0 aromatic heterocycles. The molecule has 74 valence electrons.